The predicted octanol–water partition coefficient (Wildman–Crippen LogP) is 4.04. The minimum atomic E-state index is 0.567. The summed E-state index contributed by atoms with van der Waals surface area (Å²) in [5, 5.41) is 11.1. The molecule has 0 saturated heterocycles. The van der Waals surface area contributed by atoms with Gasteiger partial charge in [-0.1, -0.05) is 26.2 Å². The number of rotatable bonds is 7. The Bertz CT molecular complexity index is 494. The number of aromatic nitrogens is 2. The van der Waals surface area contributed by atoms with E-state index in [0.29, 0.717) is 5.89 Å². The first-order valence-electron chi connectivity index (χ1n) is 6.92. The van der Waals surface area contributed by atoms with Crippen molar-refractivity contribution in [2.75, 3.05) is 11.9 Å². The second-order valence-corrected chi connectivity index (χ2v) is 4.76. The molecule has 0 fully saturated rings. The fraction of sp³-hybridized carbons (Fsp3) is 0.467. The van der Waals surface area contributed by atoms with E-state index in [9.17, 15) is 0 Å². The Morgan fingerprint density at radius 2 is 2.11 bits per heavy atom. The Balaban J connectivity index is 1.92. The average molecular weight is 259 g/mol. The lowest BCUT2D eigenvalue weighted by Gasteiger charge is -2.10. The van der Waals surface area contributed by atoms with Crippen molar-refractivity contribution in [3.8, 4) is 11.5 Å². The number of aryl methyl sites for hydroxylation is 1. The molecule has 4 nitrogen and oxygen atoms in total. The van der Waals surface area contributed by atoms with Gasteiger partial charge < -0.3 is 9.73 Å². The van der Waals surface area contributed by atoms with Crippen LogP contribution in [0.15, 0.2) is 29.0 Å². The molecule has 19 heavy (non-hydrogen) atoms. The summed E-state index contributed by atoms with van der Waals surface area (Å²) in [6.45, 7) is 5.35. The highest BCUT2D eigenvalue weighted by Crippen LogP contribution is 2.23. The summed E-state index contributed by atoms with van der Waals surface area (Å²) < 4.78 is 5.20. The van der Waals surface area contributed by atoms with Gasteiger partial charge >= 0.3 is 0 Å². The molecule has 0 radical (unpaired) electrons. The van der Waals surface area contributed by atoms with Gasteiger partial charge in [0.2, 0.25) is 12.3 Å². The van der Waals surface area contributed by atoms with Crippen LogP contribution >= 0.6 is 0 Å². The van der Waals surface area contributed by atoms with Crippen LogP contribution in [0.5, 0.6) is 0 Å². The molecule has 0 aliphatic carbocycles. The van der Waals surface area contributed by atoms with Gasteiger partial charge in [0, 0.05) is 17.8 Å². The summed E-state index contributed by atoms with van der Waals surface area (Å²) >= 11 is 0. The van der Waals surface area contributed by atoms with Gasteiger partial charge in [0.1, 0.15) is 0 Å². The van der Waals surface area contributed by atoms with Crippen LogP contribution in [0, 0.1) is 6.92 Å². The molecule has 0 amide bonds. The Morgan fingerprint density at radius 1 is 1.21 bits per heavy atom. The van der Waals surface area contributed by atoms with E-state index < -0.39 is 0 Å². The molecule has 0 aliphatic rings. The highest BCUT2D eigenvalue weighted by atomic mass is 16.4. The van der Waals surface area contributed by atoms with Crippen molar-refractivity contribution in [2.24, 2.45) is 0 Å². The molecule has 2 aromatic rings. The molecule has 1 N–H and O–H groups in total. The molecule has 0 saturated carbocycles. The number of benzene rings is 1. The van der Waals surface area contributed by atoms with Crippen LogP contribution < -0.4 is 5.32 Å². The summed E-state index contributed by atoms with van der Waals surface area (Å²) in [4.78, 5) is 0. The molecule has 0 spiro atoms. The van der Waals surface area contributed by atoms with Crippen LogP contribution in [0.3, 0.4) is 0 Å². The quantitative estimate of drug-likeness (QED) is 0.762. The van der Waals surface area contributed by atoms with Gasteiger partial charge in [-0.3, -0.25) is 0 Å². The minimum Gasteiger partial charge on any atom is -0.423 e. The molecule has 0 aliphatic heterocycles. The maximum absolute atomic E-state index is 5.20. The van der Waals surface area contributed by atoms with Gasteiger partial charge in [-0.2, -0.15) is 0 Å². The Morgan fingerprint density at radius 3 is 2.79 bits per heavy atom. The molecule has 0 atom stereocenters. The van der Waals surface area contributed by atoms with Crippen molar-refractivity contribution < 1.29 is 4.42 Å². The lowest BCUT2D eigenvalue weighted by molar-refractivity contribution is 0.568. The van der Waals surface area contributed by atoms with Crippen molar-refractivity contribution in [3.05, 3.63) is 30.2 Å². The van der Waals surface area contributed by atoms with Gasteiger partial charge in [-0.25, -0.2) is 0 Å². The highest BCUT2D eigenvalue weighted by Gasteiger charge is 2.05. The molecular weight excluding hydrogens is 238 g/mol. The second-order valence-electron chi connectivity index (χ2n) is 4.76. The fourth-order valence-electron chi connectivity index (χ4n) is 2.07. The second kappa shape index (κ2) is 6.92. The number of unbranched alkanes of at least 4 members (excludes halogenated alkanes) is 3. The van der Waals surface area contributed by atoms with Gasteiger partial charge in [0.25, 0.3) is 0 Å². The van der Waals surface area contributed by atoms with Crippen molar-refractivity contribution >= 4 is 5.69 Å². The third-order valence-electron chi connectivity index (χ3n) is 3.18. The first-order valence-corrected chi connectivity index (χ1v) is 6.92. The Hall–Kier alpha value is -1.84. The molecular formula is C15H21N3O. The lowest BCUT2D eigenvalue weighted by Crippen LogP contribution is -2.02. The number of hydrogen-bond donors (Lipinski definition) is 1. The van der Waals surface area contributed by atoms with E-state index in [-0.39, 0.29) is 0 Å². The van der Waals surface area contributed by atoms with Crippen LogP contribution in [-0.4, -0.2) is 16.7 Å². The summed E-state index contributed by atoms with van der Waals surface area (Å²) in [5.41, 5.74) is 3.34. The SMILES string of the molecule is CCCCCCNc1ccc(-c2nnco2)cc1C. The van der Waals surface area contributed by atoms with Gasteiger partial charge in [0.05, 0.1) is 0 Å². The molecule has 2 rings (SSSR count). The van der Waals surface area contributed by atoms with E-state index in [2.05, 4.69) is 41.5 Å². The van der Waals surface area contributed by atoms with E-state index in [1.807, 2.05) is 6.07 Å². The summed E-state index contributed by atoms with van der Waals surface area (Å²) in [5.74, 6) is 0.567. The van der Waals surface area contributed by atoms with E-state index in [1.165, 1.54) is 43.3 Å². The maximum Gasteiger partial charge on any atom is 0.247 e. The number of nitrogens with one attached hydrogen (secondary N) is 1. The van der Waals surface area contributed by atoms with Gasteiger partial charge in [0.15, 0.2) is 0 Å². The van der Waals surface area contributed by atoms with Crippen LogP contribution in [0.2, 0.25) is 0 Å². The predicted molar refractivity (Wildman–Crippen MR) is 77.1 cm³/mol. The summed E-state index contributed by atoms with van der Waals surface area (Å²) in [6, 6.07) is 6.16. The highest BCUT2D eigenvalue weighted by molar-refractivity contribution is 5.62. The zero-order chi connectivity index (χ0) is 13.5. The first kappa shape index (κ1) is 13.6. The minimum absolute atomic E-state index is 0.567. The van der Waals surface area contributed by atoms with Crippen molar-refractivity contribution in [3.63, 3.8) is 0 Å². The number of nitrogens with zero attached hydrogens (tertiary/aromatic N) is 2. The average Bonchev–Trinajstić information content (AvgIpc) is 2.94. The zero-order valence-corrected chi connectivity index (χ0v) is 11.6. The fourth-order valence-corrected chi connectivity index (χ4v) is 2.07. The Kier molecular flexibility index (Phi) is 4.95. The third kappa shape index (κ3) is 3.81. The number of anilines is 1. The van der Waals surface area contributed by atoms with E-state index in [4.69, 9.17) is 4.42 Å². The standard InChI is InChI=1S/C15H21N3O/c1-3-4-5-6-9-16-14-8-7-13(10-12(14)2)15-18-17-11-19-15/h7-8,10-11,16H,3-6,9H2,1-2H3. The molecule has 1 aromatic carbocycles. The van der Waals surface area contributed by atoms with Crippen LogP contribution in [-0.2, 0) is 0 Å². The van der Waals surface area contributed by atoms with Crippen molar-refractivity contribution in [1.82, 2.24) is 10.2 Å². The molecule has 102 valence electrons. The van der Waals surface area contributed by atoms with Crippen molar-refractivity contribution in [1.29, 1.82) is 0 Å². The van der Waals surface area contributed by atoms with E-state index in [1.54, 1.807) is 0 Å². The molecule has 1 aromatic heterocycles. The zero-order valence-electron chi connectivity index (χ0n) is 11.6. The van der Waals surface area contributed by atoms with Crippen LogP contribution in [0.1, 0.15) is 38.2 Å². The lowest BCUT2D eigenvalue weighted by atomic mass is 10.1. The molecule has 4 heteroatoms. The summed E-state index contributed by atoms with van der Waals surface area (Å²) in [6.07, 6.45) is 6.46. The van der Waals surface area contributed by atoms with Gasteiger partial charge in [-0.15, -0.1) is 10.2 Å². The number of hydrogen-bond acceptors (Lipinski definition) is 4. The molecule has 0 bridgehead atoms. The molecule has 0 unspecified atom stereocenters. The van der Waals surface area contributed by atoms with Crippen LogP contribution in [0.4, 0.5) is 5.69 Å². The van der Waals surface area contributed by atoms with Crippen molar-refractivity contribution in [2.45, 2.75) is 39.5 Å². The first-order chi connectivity index (χ1) is 9.31. The summed E-state index contributed by atoms with van der Waals surface area (Å²) in [7, 11) is 0. The monoisotopic (exact) mass is 259 g/mol. The van der Waals surface area contributed by atoms with Gasteiger partial charge in [-0.05, 0) is 37.1 Å². The van der Waals surface area contributed by atoms with E-state index >= 15 is 0 Å². The van der Waals surface area contributed by atoms with Crippen LogP contribution in [0.25, 0.3) is 11.5 Å². The van der Waals surface area contributed by atoms with E-state index in [0.717, 1.165) is 12.1 Å². The third-order valence-corrected chi connectivity index (χ3v) is 3.18. The largest absolute Gasteiger partial charge is 0.423 e. The molecule has 1 heterocycles. The normalized spacial score (nSPS) is 10.6. The maximum atomic E-state index is 5.20. The topological polar surface area (TPSA) is 51.0 Å². The Labute approximate surface area is 114 Å². The smallest absolute Gasteiger partial charge is 0.247 e.